The van der Waals surface area contributed by atoms with E-state index in [1.807, 2.05) is 0 Å². The number of carboxylic acid groups (broad SMARTS) is 1. The monoisotopic (exact) mass is 281 g/mol. The van der Waals surface area contributed by atoms with E-state index in [2.05, 4.69) is 25.9 Å². The molecule has 7 heteroatoms. The summed E-state index contributed by atoms with van der Waals surface area (Å²) in [4.78, 5) is 18.8. The first-order chi connectivity index (χ1) is 6.59. The van der Waals surface area contributed by atoms with Crippen molar-refractivity contribution in [3.63, 3.8) is 0 Å². The van der Waals surface area contributed by atoms with Crippen LogP contribution in [0.4, 0.5) is 5.82 Å². The largest absolute Gasteiger partial charge is 1.00 e. The van der Waals surface area contributed by atoms with Crippen LogP contribution >= 0.6 is 15.9 Å². The summed E-state index contributed by atoms with van der Waals surface area (Å²) in [6.07, 6.45) is 2.03. The van der Waals surface area contributed by atoms with Crippen molar-refractivity contribution in [2.75, 3.05) is 5.73 Å². The third-order valence-corrected chi connectivity index (χ3v) is 2.82. The maximum Gasteiger partial charge on any atom is 1.00 e. The molecular formula is C8H9BrN3NaO2. The van der Waals surface area contributed by atoms with Crippen LogP contribution in [0, 0.1) is 0 Å². The maximum atomic E-state index is 10.8. The van der Waals surface area contributed by atoms with Crippen molar-refractivity contribution in [3.05, 3.63) is 16.0 Å². The molecule has 1 saturated carbocycles. The van der Waals surface area contributed by atoms with Crippen LogP contribution in [-0.2, 0) is 0 Å². The summed E-state index contributed by atoms with van der Waals surface area (Å²) in [6, 6.07) is 0. The molecule has 76 valence electrons. The predicted molar refractivity (Wildman–Crippen MR) is 54.2 cm³/mol. The van der Waals surface area contributed by atoms with Crippen LogP contribution in [0.25, 0.3) is 0 Å². The molecule has 0 spiro atoms. The fraction of sp³-hybridized carbons (Fsp3) is 0.375. The molecular weight excluding hydrogens is 273 g/mol. The zero-order valence-electron chi connectivity index (χ0n) is 9.20. The fourth-order valence-electron chi connectivity index (χ4n) is 1.15. The molecule has 0 atom stereocenters. The number of hydrogen-bond acceptors (Lipinski definition) is 4. The van der Waals surface area contributed by atoms with Crippen LogP contribution in [0.3, 0.4) is 0 Å². The van der Waals surface area contributed by atoms with Crippen molar-refractivity contribution in [3.8, 4) is 0 Å². The third kappa shape index (κ3) is 2.69. The molecule has 1 fully saturated rings. The Labute approximate surface area is 118 Å². The van der Waals surface area contributed by atoms with E-state index in [0.717, 1.165) is 12.8 Å². The number of hydrogen-bond donors (Lipinski definition) is 2. The van der Waals surface area contributed by atoms with Gasteiger partial charge in [-0.25, -0.2) is 14.8 Å². The average Bonchev–Trinajstić information content (AvgIpc) is 2.91. The van der Waals surface area contributed by atoms with Crippen LogP contribution in [0.1, 0.15) is 36.5 Å². The second-order valence-corrected chi connectivity index (χ2v) is 4.00. The summed E-state index contributed by atoms with van der Waals surface area (Å²) >= 11 is 3.05. The Morgan fingerprint density at radius 2 is 2.13 bits per heavy atom. The molecule has 1 heterocycles. The molecule has 0 aromatic carbocycles. The Kier molecular flexibility index (Phi) is 4.11. The minimum absolute atomic E-state index is 0. The molecule has 3 N–H and O–H groups in total. The number of carbonyl (C=O) groups is 1. The van der Waals surface area contributed by atoms with Gasteiger partial charge in [0, 0.05) is 5.92 Å². The van der Waals surface area contributed by atoms with E-state index in [9.17, 15) is 4.79 Å². The van der Waals surface area contributed by atoms with Gasteiger partial charge in [0.15, 0.2) is 5.69 Å². The molecule has 1 aromatic rings. The van der Waals surface area contributed by atoms with E-state index in [1.54, 1.807) is 0 Å². The summed E-state index contributed by atoms with van der Waals surface area (Å²) in [6.45, 7) is 0. The van der Waals surface area contributed by atoms with Crippen LogP contribution in [0.2, 0.25) is 0 Å². The van der Waals surface area contributed by atoms with Gasteiger partial charge in [-0.3, -0.25) is 0 Å². The second kappa shape index (κ2) is 4.78. The van der Waals surface area contributed by atoms with Gasteiger partial charge in [0.1, 0.15) is 11.6 Å². The van der Waals surface area contributed by atoms with Crippen LogP contribution in [-0.4, -0.2) is 21.0 Å². The normalized spacial score (nSPS) is 14.5. The Bertz CT molecular complexity index is 415. The molecule has 1 aromatic heterocycles. The first-order valence-corrected chi connectivity index (χ1v) is 4.95. The Morgan fingerprint density at radius 1 is 1.53 bits per heavy atom. The molecule has 0 amide bonds. The molecule has 2 rings (SSSR count). The molecule has 0 aliphatic heterocycles. The number of nitrogens with zero attached hydrogens (tertiary/aromatic N) is 2. The molecule has 0 bridgehead atoms. The van der Waals surface area contributed by atoms with E-state index >= 15 is 0 Å². The van der Waals surface area contributed by atoms with Gasteiger partial charge in [0.25, 0.3) is 0 Å². The van der Waals surface area contributed by atoms with Crippen LogP contribution < -0.4 is 35.3 Å². The third-order valence-electron chi connectivity index (χ3n) is 2.04. The summed E-state index contributed by atoms with van der Waals surface area (Å²) in [5, 5.41) is 8.84. The number of nitrogens with two attached hydrogens (primary N) is 1. The number of nitrogen functional groups attached to an aromatic ring is 1. The van der Waals surface area contributed by atoms with Crippen molar-refractivity contribution >= 4 is 27.7 Å². The number of halogens is 1. The topological polar surface area (TPSA) is 89.1 Å². The number of rotatable bonds is 2. The smallest absolute Gasteiger partial charge is 1.00 e. The van der Waals surface area contributed by atoms with E-state index in [4.69, 9.17) is 10.8 Å². The summed E-state index contributed by atoms with van der Waals surface area (Å²) in [5.41, 5.74) is 5.51. The Hall–Kier alpha value is -0.170. The first-order valence-electron chi connectivity index (χ1n) is 4.15. The van der Waals surface area contributed by atoms with E-state index < -0.39 is 5.97 Å². The van der Waals surface area contributed by atoms with E-state index in [-0.39, 0.29) is 47.0 Å². The summed E-state index contributed by atoms with van der Waals surface area (Å²) < 4.78 is 0.259. The van der Waals surface area contributed by atoms with Crippen LogP contribution in [0.5, 0.6) is 0 Å². The zero-order valence-corrected chi connectivity index (χ0v) is 11.8. The number of aromatic carboxylic acids is 1. The summed E-state index contributed by atoms with van der Waals surface area (Å²) in [7, 11) is 0. The number of anilines is 1. The average molecular weight is 282 g/mol. The Balaban J connectivity index is 0.00000112. The standard InChI is InChI=1S/C8H8BrN3O2.Na.H/c9-4-5(8(13)14)11-7(3-1-2-3)12-6(4)10;;/h3H,1-2H2,(H,13,14)(H2,10,11,12);;/q;+1;-1. The Morgan fingerprint density at radius 3 is 2.60 bits per heavy atom. The van der Waals surface area contributed by atoms with Gasteiger partial charge in [0.05, 0.1) is 4.47 Å². The molecule has 1 aliphatic rings. The van der Waals surface area contributed by atoms with Gasteiger partial charge in [0.2, 0.25) is 0 Å². The molecule has 0 radical (unpaired) electrons. The van der Waals surface area contributed by atoms with Crippen molar-refractivity contribution < 1.29 is 40.9 Å². The predicted octanol–water partition coefficient (Wildman–Crippen LogP) is -1.49. The summed E-state index contributed by atoms with van der Waals surface area (Å²) in [5.74, 6) is -0.0567. The van der Waals surface area contributed by atoms with Crippen molar-refractivity contribution in [1.29, 1.82) is 0 Å². The number of aromatic nitrogens is 2. The SMILES string of the molecule is Nc1nc(C2CC2)nc(C(=O)O)c1Br.[H-].[Na+]. The molecule has 5 nitrogen and oxygen atoms in total. The first kappa shape index (κ1) is 12.9. The minimum atomic E-state index is -1.09. The van der Waals surface area contributed by atoms with E-state index in [0.29, 0.717) is 11.7 Å². The van der Waals surface area contributed by atoms with Gasteiger partial charge >= 0.3 is 35.5 Å². The second-order valence-electron chi connectivity index (χ2n) is 3.21. The maximum absolute atomic E-state index is 10.8. The van der Waals surface area contributed by atoms with Crippen LogP contribution in [0.15, 0.2) is 4.47 Å². The van der Waals surface area contributed by atoms with Gasteiger partial charge in [-0.15, -0.1) is 0 Å². The van der Waals surface area contributed by atoms with Gasteiger partial charge in [-0.1, -0.05) is 0 Å². The minimum Gasteiger partial charge on any atom is -1.00 e. The molecule has 15 heavy (non-hydrogen) atoms. The van der Waals surface area contributed by atoms with Crippen molar-refractivity contribution in [2.24, 2.45) is 0 Å². The zero-order chi connectivity index (χ0) is 10.3. The van der Waals surface area contributed by atoms with Gasteiger partial charge < -0.3 is 12.3 Å². The fourth-order valence-corrected chi connectivity index (χ4v) is 1.50. The molecule has 0 saturated heterocycles. The quantitative estimate of drug-likeness (QED) is 0.645. The number of carboxylic acids is 1. The van der Waals surface area contributed by atoms with Crippen molar-refractivity contribution in [1.82, 2.24) is 9.97 Å². The van der Waals surface area contributed by atoms with Gasteiger partial charge in [-0.05, 0) is 28.8 Å². The van der Waals surface area contributed by atoms with Gasteiger partial charge in [-0.2, -0.15) is 0 Å². The molecule has 1 aliphatic carbocycles. The molecule has 0 unspecified atom stereocenters. The van der Waals surface area contributed by atoms with Crippen molar-refractivity contribution in [2.45, 2.75) is 18.8 Å². The van der Waals surface area contributed by atoms with E-state index in [1.165, 1.54) is 0 Å².